The molecule has 0 saturated carbocycles. The summed E-state index contributed by atoms with van der Waals surface area (Å²) in [5, 5.41) is 3.28. The fourth-order valence-electron chi connectivity index (χ4n) is 0.459. The van der Waals surface area contributed by atoms with Crippen molar-refractivity contribution in [3.8, 4) is 0 Å². The van der Waals surface area contributed by atoms with Gasteiger partial charge in [0.25, 0.3) is 0 Å². The molecule has 0 N–H and O–H groups in total. The predicted molar refractivity (Wildman–Crippen MR) is 33.0 cm³/mol. The Balaban J connectivity index is 0.000000810. The number of aromatic nitrogens is 1. The van der Waals surface area contributed by atoms with E-state index in [0.29, 0.717) is 5.82 Å². The summed E-state index contributed by atoms with van der Waals surface area (Å²) in [5.41, 5.74) is 7.94. The minimum atomic E-state index is 0. The second kappa shape index (κ2) is 4.92. The molecule has 1 rings (SSSR count). The Hall–Kier alpha value is -0.917. The summed E-state index contributed by atoms with van der Waals surface area (Å²) in [6.45, 7) is 0. The molecule has 0 amide bonds. The minimum absolute atomic E-state index is 0. The zero-order valence-corrected chi connectivity index (χ0v) is 8.27. The Kier molecular flexibility index (Phi) is 4.47. The molecular formula is C5H4N4Zn. The van der Waals surface area contributed by atoms with Gasteiger partial charge in [0.05, 0.1) is 0 Å². The van der Waals surface area contributed by atoms with Crippen molar-refractivity contribution in [2.24, 2.45) is 5.11 Å². The molecule has 0 saturated heterocycles. The zero-order valence-electron chi connectivity index (χ0n) is 5.31. The van der Waals surface area contributed by atoms with Gasteiger partial charge in [0, 0.05) is 30.6 Å². The SMILES string of the molecule is [N-]=[N+]=Nc1ccccn1.[Zn]. The van der Waals surface area contributed by atoms with Crippen LogP contribution in [-0.2, 0) is 19.5 Å². The number of pyridine rings is 1. The second-order valence-corrected chi connectivity index (χ2v) is 1.38. The Bertz CT molecular complexity index is 229. The van der Waals surface area contributed by atoms with Crippen molar-refractivity contribution in [3.63, 3.8) is 0 Å². The van der Waals surface area contributed by atoms with Crippen LogP contribution in [0.15, 0.2) is 29.5 Å². The van der Waals surface area contributed by atoms with Gasteiger partial charge in [0.15, 0.2) is 0 Å². The number of hydrogen-bond acceptors (Lipinski definition) is 2. The van der Waals surface area contributed by atoms with Gasteiger partial charge >= 0.3 is 0 Å². The van der Waals surface area contributed by atoms with Gasteiger partial charge < -0.3 is 0 Å². The van der Waals surface area contributed by atoms with Gasteiger partial charge in [-0.2, -0.15) is 0 Å². The van der Waals surface area contributed by atoms with E-state index in [1.54, 1.807) is 24.4 Å². The van der Waals surface area contributed by atoms with Gasteiger partial charge in [-0.25, -0.2) is 0 Å². The molecule has 0 unspecified atom stereocenters. The van der Waals surface area contributed by atoms with Crippen LogP contribution >= 0.6 is 0 Å². The molecule has 0 aliphatic rings. The summed E-state index contributed by atoms with van der Waals surface area (Å²) in [6, 6.07) is 5.16. The Morgan fingerprint density at radius 3 is 2.80 bits per heavy atom. The van der Waals surface area contributed by atoms with E-state index in [0.717, 1.165) is 0 Å². The average molecular weight is 186 g/mol. The maximum absolute atomic E-state index is 7.94. The third-order valence-electron chi connectivity index (χ3n) is 0.796. The van der Waals surface area contributed by atoms with Crippen molar-refractivity contribution in [2.75, 3.05) is 0 Å². The molecule has 0 radical (unpaired) electrons. The third-order valence-corrected chi connectivity index (χ3v) is 0.796. The molecule has 0 atom stereocenters. The van der Waals surface area contributed by atoms with Crippen LogP contribution in [0, 0.1) is 0 Å². The standard InChI is InChI=1S/C5H4N4.Zn/c6-9-8-5-3-1-2-4-7-5;/h1-4H;. The van der Waals surface area contributed by atoms with Crippen molar-refractivity contribution >= 4 is 5.82 Å². The van der Waals surface area contributed by atoms with Crippen LogP contribution in [0.4, 0.5) is 5.82 Å². The van der Waals surface area contributed by atoms with E-state index in [-0.39, 0.29) is 19.5 Å². The van der Waals surface area contributed by atoms with Crippen LogP contribution < -0.4 is 0 Å². The molecule has 0 spiro atoms. The molecule has 4 nitrogen and oxygen atoms in total. The first-order valence-electron chi connectivity index (χ1n) is 2.39. The normalized spacial score (nSPS) is 7.20. The molecule has 1 aromatic heterocycles. The van der Waals surface area contributed by atoms with E-state index < -0.39 is 0 Å². The first-order chi connectivity index (χ1) is 4.43. The van der Waals surface area contributed by atoms with E-state index in [9.17, 15) is 0 Å². The summed E-state index contributed by atoms with van der Waals surface area (Å²) in [6.07, 6.45) is 1.57. The Morgan fingerprint density at radius 1 is 1.50 bits per heavy atom. The number of nitrogens with zero attached hydrogens (tertiary/aromatic N) is 4. The predicted octanol–water partition coefficient (Wildman–Crippen LogP) is 2.02. The molecule has 1 aromatic rings. The van der Waals surface area contributed by atoms with Crippen LogP contribution in [0.2, 0.25) is 0 Å². The average Bonchev–Trinajstić information content (AvgIpc) is 1.91. The van der Waals surface area contributed by atoms with Gasteiger partial charge in [0.2, 0.25) is 0 Å². The summed E-state index contributed by atoms with van der Waals surface area (Å²) in [4.78, 5) is 6.32. The summed E-state index contributed by atoms with van der Waals surface area (Å²) >= 11 is 0. The van der Waals surface area contributed by atoms with E-state index in [4.69, 9.17) is 5.53 Å². The van der Waals surface area contributed by atoms with Gasteiger partial charge in [0.1, 0.15) is 5.82 Å². The zero-order chi connectivity index (χ0) is 6.53. The molecule has 10 heavy (non-hydrogen) atoms. The van der Waals surface area contributed by atoms with Crippen LogP contribution in [0.1, 0.15) is 0 Å². The molecule has 46 valence electrons. The van der Waals surface area contributed by atoms with Crippen molar-refractivity contribution in [1.29, 1.82) is 0 Å². The molecule has 1 heterocycles. The molecule has 5 heteroatoms. The maximum Gasteiger partial charge on any atom is 0.126 e. The van der Waals surface area contributed by atoms with E-state index in [1.807, 2.05) is 0 Å². The van der Waals surface area contributed by atoms with Crippen molar-refractivity contribution in [3.05, 3.63) is 34.8 Å². The second-order valence-electron chi connectivity index (χ2n) is 1.38. The van der Waals surface area contributed by atoms with Crippen LogP contribution in [0.3, 0.4) is 0 Å². The van der Waals surface area contributed by atoms with Crippen LogP contribution in [0.25, 0.3) is 10.4 Å². The number of rotatable bonds is 1. The molecular weight excluding hydrogens is 181 g/mol. The van der Waals surface area contributed by atoms with Gasteiger partial charge in [-0.1, -0.05) is 6.07 Å². The Morgan fingerprint density at radius 2 is 2.30 bits per heavy atom. The van der Waals surface area contributed by atoms with Gasteiger partial charge in [-0.3, -0.25) is 4.98 Å². The largest absolute Gasteiger partial charge is 0.255 e. The fraction of sp³-hybridized carbons (Fsp3) is 0. The fourth-order valence-corrected chi connectivity index (χ4v) is 0.459. The van der Waals surface area contributed by atoms with E-state index in [2.05, 4.69) is 15.0 Å². The minimum Gasteiger partial charge on any atom is -0.255 e. The molecule has 0 aliphatic heterocycles. The van der Waals surface area contributed by atoms with E-state index >= 15 is 0 Å². The van der Waals surface area contributed by atoms with Crippen molar-refractivity contribution in [1.82, 2.24) is 4.98 Å². The van der Waals surface area contributed by atoms with E-state index in [1.165, 1.54) is 0 Å². The number of azide groups is 1. The molecule has 0 fully saturated rings. The first kappa shape index (κ1) is 9.08. The summed E-state index contributed by atoms with van der Waals surface area (Å²) < 4.78 is 0. The molecule has 0 aromatic carbocycles. The monoisotopic (exact) mass is 184 g/mol. The van der Waals surface area contributed by atoms with Crippen LogP contribution in [0.5, 0.6) is 0 Å². The van der Waals surface area contributed by atoms with Crippen LogP contribution in [-0.4, -0.2) is 4.98 Å². The molecule has 0 aliphatic carbocycles. The first-order valence-corrected chi connectivity index (χ1v) is 2.39. The van der Waals surface area contributed by atoms with Crippen molar-refractivity contribution < 1.29 is 19.5 Å². The quantitative estimate of drug-likeness (QED) is 0.286. The molecule has 0 bridgehead atoms. The van der Waals surface area contributed by atoms with Gasteiger partial charge in [-0.15, -0.1) is 0 Å². The number of hydrogen-bond donors (Lipinski definition) is 0. The third kappa shape index (κ3) is 2.58. The Labute approximate surface area is 70.7 Å². The smallest absolute Gasteiger partial charge is 0.126 e. The van der Waals surface area contributed by atoms with Gasteiger partial charge in [-0.05, 0) is 22.8 Å². The maximum atomic E-state index is 7.94. The summed E-state index contributed by atoms with van der Waals surface area (Å²) in [7, 11) is 0. The van der Waals surface area contributed by atoms with Crippen molar-refractivity contribution in [2.45, 2.75) is 0 Å². The topological polar surface area (TPSA) is 61.7 Å². The summed E-state index contributed by atoms with van der Waals surface area (Å²) in [5.74, 6) is 0.403.